The van der Waals surface area contributed by atoms with Crippen molar-refractivity contribution in [3.8, 4) is 0 Å². The number of anilines is 1. The van der Waals surface area contributed by atoms with Gasteiger partial charge in [-0.2, -0.15) is 8.42 Å². The fourth-order valence-electron chi connectivity index (χ4n) is 2.05. The molecular weight excluding hydrogens is 244 g/mol. The first-order valence-corrected chi connectivity index (χ1v) is 6.54. The third kappa shape index (κ3) is 2.11. The van der Waals surface area contributed by atoms with E-state index in [9.17, 15) is 13.2 Å². The van der Waals surface area contributed by atoms with Gasteiger partial charge in [-0.1, -0.05) is 18.2 Å². The van der Waals surface area contributed by atoms with Crippen LogP contribution in [0.2, 0.25) is 0 Å². The second-order valence-electron chi connectivity index (χ2n) is 3.86. The number of hydrogen-bond acceptors (Lipinski definition) is 3. The van der Waals surface area contributed by atoms with Gasteiger partial charge in [-0.15, -0.1) is 0 Å². The average molecular weight is 256 g/mol. The third-order valence-electron chi connectivity index (χ3n) is 2.81. The SMILES string of the molecule is NS(=O)(=O)N1CCC(C(=O)O)c2ccccc21. The number of hydrogen-bond donors (Lipinski definition) is 2. The highest BCUT2D eigenvalue weighted by Gasteiger charge is 2.33. The van der Waals surface area contributed by atoms with Crippen LogP contribution in [0.1, 0.15) is 17.9 Å². The van der Waals surface area contributed by atoms with Gasteiger partial charge in [0.25, 0.3) is 10.2 Å². The number of carboxylic acids is 1. The Morgan fingerprint density at radius 3 is 2.65 bits per heavy atom. The van der Waals surface area contributed by atoms with Crippen LogP contribution in [0, 0.1) is 0 Å². The van der Waals surface area contributed by atoms with Gasteiger partial charge in [-0.3, -0.25) is 9.10 Å². The lowest BCUT2D eigenvalue weighted by Gasteiger charge is -2.31. The minimum absolute atomic E-state index is 0.0901. The van der Waals surface area contributed by atoms with Crippen molar-refractivity contribution in [1.29, 1.82) is 0 Å². The van der Waals surface area contributed by atoms with E-state index in [1.54, 1.807) is 24.3 Å². The van der Waals surface area contributed by atoms with Gasteiger partial charge in [0.2, 0.25) is 0 Å². The Morgan fingerprint density at radius 2 is 2.06 bits per heavy atom. The van der Waals surface area contributed by atoms with Crippen molar-refractivity contribution in [1.82, 2.24) is 0 Å². The Labute approximate surface area is 98.8 Å². The lowest BCUT2D eigenvalue weighted by Crippen LogP contribution is -2.41. The molecule has 2 rings (SSSR count). The molecule has 6 nitrogen and oxygen atoms in total. The predicted molar refractivity (Wildman–Crippen MR) is 61.9 cm³/mol. The summed E-state index contributed by atoms with van der Waals surface area (Å²) in [6, 6.07) is 6.52. The molecule has 1 aromatic rings. The van der Waals surface area contributed by atoms with E-state index in [-0.39, 0.29) is 13.0 Å². The number of fused-ring (bicyclic) bond motifs is 1. The Morgan fingerprint density at radius 1 is 1.41 bits per heavy atom. The van der Waals surface area contributed by atoms with E-state index < -0.39 is 22.1 Å². The highest BCUT2D eigenvalue weighted by molar-refractivity contribution is 7.90. The maximum absolute atomic E-state index is 11.4. The van der Waals surface area contributed by atoms with Crippen LogP contribution in [0.15, 0.2) is 24.3 Å². The largest absolute Gasteiger partial charge is 0.481 e. The standard InChI is InChI=1S/C10H12N2O4S/c11-17(15,16)12-6-5-8(10(13)14)7-3-1-2-4-9(7)12/h1-4,8H,5-6H2,(H,13,14)(H2,11,15,16). The molecule has 3 N–H and O–H groups in total. The lowest BCUT2D eigenvalue weighted by molar-refractivity contribution is -0.139. The molecule has 0 radical (unpaired) electrons. The molecule has 1 aliphatic heterocycles. The Balaban J connectivity index is 2.55. The quantitative estimate of drug-likeness (QED) is 0.793. The van der Waals surface area contributed by atoms with E-state index in [2.05, 4.69) is 0 Å². The molecule has 1 atom stereocenters. The maximum atomic E-state index is 11.4. The number of para-hydroxylation sites is 1. The number of aliphatic carboxylic acids is 1. The number of benzene rings is 1. The van der Waals surface area contributed by atoms with Crippen molar-refractivity contribution in [3.05, 3.63) is 29.8 Å². The normalized spacial score (nSPS) is 19.8. The van der Waals surface area contributed by atoms with Crippen LogP contribution in [0.4, 0.5) is 5.69 Å². The summed E-state index contributed by atoms with van der Waals surface area (Å²) < 4.78 is 23.8. The zero-order chi connectivity index (χ0) is 12.6. The molecule has 0 fully saturated rings. The Kier molecular flexibility index (Phi) is 2.80. The zero-order valence-electron chi connectivity index (χ0n) is 8.91. The van der Waals surface area contributed by atoms with Gasteiger partial charge < -0.3 is 5.11 Å². The zero-order valence-corrected chi connectivity index (χ0v) is 9.72. The van der Waals surface area contributed by atoms with Gasteiger partial charge >= 0.3 is 5.97 Å². The van der Waals surface area contributed by atoms with Crippen molar-refractivity contribution in [2.75, 3.05) is 10.8 Å². The fraction of sp³-hybridized carbons (Fsp3) is 0.300. The molecule has 0 bridgehead atoms. The summed E-state index contributed by atoms with van der Waals surface area (Å²) in [5.41, 5.74) is 0.842. The molecule has 0 saturated heterocycles. The first-order chi connectivity index (χ1) is 7.91. The van der Waals surface area contributed by atoms with E-state index in [0.29, 0.717) is 11.3 Å². The van der Waals surface area contributed by atoms with Gasteiger partial charge in [0.15, 0.2) is 0 Å². The number of nitrogens with zero attached hydrogens (tertiary/aromatic N) is 1. The van der Waals surface area contributed by atoms with Crippen LogP contribution in [0.3, 0.4) is 0 Å². The van der Waals surface area contributed by atoms with E-state index in [1.165, 1.54) is 0 Å². The van der Waals surface area contributed by atoms with Crippen LogP contribution >= 0.6 is 0 Å². The van der Waals surface area contributed by atoms with Crippen molar-refractivity contribution < 1.29 is 18.3 Å². The minimum Gasteiger partial charge on any atom is -0.481 e. The molecule has 0 aliphatic carbocycles. The van der Waals surface area contributed by atoms with E-state index in [0.717, 1.165) is 4.31 Å². The highest BCUT2D eigenvalue weighted by Crippen LogP contribution is 2.35. The number of carboxylic acid groups (broad SMARTS) is 1. The van der Waals surface area contributed by atoms with Crippen molar-refractivity contribution >= 4 is 21.9 Å². The monoisotopic (exact) mass is 256 g/mol. The second-order valence-corrected chi connectivity index (χ2v) is 5.33. The molecule has 92 valence electrons. The van der Waals surface area contributed by atoms with Crippen molar-refractivity contribution in [3.63, 3.8) is 0 Å². The van der Waals surface area contributed by atoms with Crippen LogP contribution < -0.4 is 9.44 Å². The van der Waals surface area contributed by atoms with Gasteiger partial charge in [0.1, 0.15) is 0 Å². The molecule has 0 aromatic heterocycles. The molecule has 0 spiro atoms. The van der Waals surface area contributed by atoms with Gasteiger partial charge in [-0.05, 0) is 18.1 Å². The van der Waals surface area contributed by atoms with E-state index >= 15 is 0 Å². The molecule has 1 heterocycles. The first kappa shape index (κ1) is 11.9. The minimum atomic E-state index is -3.85. The molecule has 7 heteroatoms. The van der Waals surface area contributed by atoms with E-state index in [1.807, 2.05) is 0 Å². The average Bonchev–Trinajstić information content (AvgIpc) is 2.26. The van der Waals surface area contributed by atoms with E-state index in [4.69, 9.17) is 10.2 Å². The Hall–Kier alpha value is -1.60. The van der Waals surface area contributed by atoms with Crippen molar-refractivity contribution in [2.24, 2.45) is 5.14 Å². The Bertz CT molecular complexity index is 555. The summed E-state index contributed by atoms with van der Waals surface area (Å²) in [7, 11) is -3.85. The van der Waals surface area contributed by atoms with Gasteiger partial charge in [0, 0.05) is 6.54 Å². The smallest absolute Gasteiger partial charge is 0.311 e. The predicted octanol–water partition coefficient (Wildman–Crippen LogP) is 0.268. The lowest BCUT2D eigenvalue weighted by atomic mass is 9.91. The summed E-state index contributed by atoms with van der Waals surface area (Å²) in [6.07, 6.45) is 0.225. The maximum Gasteiger partial charge on any atom is 0.311 e. The van der Waals surface area contributed by atoms with Crippen LogP contribution in [-0.2, 0) is 15.0 Å². The molecule has 0 saturated carbocycles. The van der Waals surface area contributed by atoms with Gasteiger partial charge in [-0.25, -0.2) is 5.14 Å². The van der Waals surface area contributed by atoms with Crippen LogP contribution in [0.25, 0.3) is 0 Å². The summed E-state index contributed by atoms with van der Waals surface area (Å²) in [5, 5.41) is 14.2. The highest BCUT2D eigenvalue weighted by atomic mass is 32.2. The molecule has 1 unspecified atom stereocenters. The summed E-state index contributed by atoms with van der Waals surface area (Å²) in [6.45, 7) is 0.0901. The summed E-state index contributed by atoms with van der Waals surface area (Å²) in [4.78, 5) is 11.1. The molecule has 17 heavy (non-hydrogen) atoms. The molecule has 0 amide bonds. The van der Waals surface area contributed by atoms with Crippen LogP contribution in [-0.4, -0.2) is 26.0 Å². The third-order valence-corrected chi connectivity index (χ3v) is 3.80. The summed E-state index contributed by atoms with van der Waals surface area (Å²) >= 11 is 0. The molecular formula is C10H12N2O4S. The van der Waals surface area contributed by atoms with Crippen LogP contribution in [0.5, 0.6) is 0 Å². The van der Waals surface area contributed by atoms with Crippen molar-refractivity contribution in [2.45, 2.75) is 12.3 Å². The number of carbonyl (C=O) groups is 1. The summed E-state index contributed by atoms with van der Waals surface area (Å²) in [5.74, 6) is -1.63. The molecule has 1 aromatic carbocycles. The fourth-order valence-corrected chi connectivity index (χ4v) is 2.85. The second kappa shape index (κ2) is 4.01. The van der Waals surface area contributed by atoms with Gasteiger partial charge in [0.05, 0.1) is 11.6 Å². The number of rotatable bonds is 2. The molecule has 1 aliphatic rings. The first-order valence-electron chi connectivity index (χ1n) is 5.03. The topological polar surface area (TPSA) is 101 Å². The number of nitrogens with two attached hydrogens (primary N) is 1.